The molecule has 0 unspecified atom stereocenters. The Balaban J connectivity index is 1.05. The number of esters is 4. The smallest absolute Gasteiger partial charge is 0.325 e. The molecular weight excluding hydrogens is 885 g/mol. The topological polar surface area (TPSA) is 155 Å². The number of anilines is 3. The molecule has 364 valence electrons. The van der Waals surface area contributed by atoms with Gasteiger partial charge in [0.1, 0.15) is 75.5 Å². The minimum absolute atomic E-state index is 0.121. The van der Waals surface area contributed by atoms with E-state index in [1.165, 1.54) is 66.6 Å². The minimum atomic E-state index is -0.528. The molecule has 0 atom stereocenters. The maximum Gasteiger partial charge on any atom is 0.325 e. The second-order valence-electron chi connectivity index (χ2n) is 17.8. The predicted octanol–water partition coefficient (Wildman–Crippen LogP) is 3.90. The number of carbonyl (C=O) groups is 4. The SMILES string of the molecule is COC(=O)CN(CC(=O)OC)c1ccccc1OCCOCCOc1cc(C2=c3cc4c5c(c3Oc3c2cc2c6c3CCCN6CCC2)CCC[N+]=5CCC4)ccc1N(CC(=O)OC)CC(=O)OC. The number of hydrogen-bond donors (Lipinski definition) is 0. The van der Waals surface area contributed by atoms with Gasteiger partial charge in [-0.15, -0.1) is 0 Å². The van der Waals surface area contributed by atoms with Crippen molar-refractivity contribution < 1.29 is 57.1 Å². The van der Waals surface area contributed by atoms with Crippen LogP contribution in [0.25, 0.3) is 5.57 Å². The quantitative estimate of drug-likeness (QED) is 0.0509. The van der Waals surface area contributed by atoms with E-state index in [1.807, 2.05) is 12.1 Å². The van der Waals surface area contributed by atoms with Gasteiger partial charge in [-0.25, -0.2) is 4.58 Å². The van der Waals surface area contributed by atoms with Crippen LogP contribution in [-0.4, -0.2) is 131 Å². The van der Waals surface area contributed by atoms with Crippen molar-refractivity contribution in [3.63, 3.8) is 0 Å². The van der Waals surface area contributed by atoms with Crippen molar-refractivity contribution >= 4 is 46.5 Å². The molecule has 0 amide bonds. The molecule has 5 aliphatic rings. The summed E-state index contributed by atoms with van der Waals surface area (Å²) in [5.74, 6) is 0.668. The van der Waals surface area contributed by atoms with Gasteiger partial charge >= 0.3 is 23.9 Å². The van der Waals surface area contributed by atoms with Crippen LogP contribution in [0.4, 0.5) is 17.1 Å². The zero-order valence-electron chi connectivity index (χ0n) is 40.0. The van der Waals surface area contributed by atoms with E-state index in [9.17, 15) is 19.2 Å². The molecule has 0 aliphatic carbocycles. The summed E-state index contributed by atoms with van der Waals surface area (Å²) in [5.41, 5.74) is 10.7. The summed E-state index contributed by atoms with van der Waals surface area (Å²) >= 11 is 0. The monoisotopic (exact) mass is 945 g/mol. The summed E-state index contributed by atoms with van der Waals surface area (Å²) in [6, 6.07) is 17.8. The lowest BCUT2D eigenvalue weighted by Crippen LogP contribution is -2.45. The first kappa shape index (κ1) is 47.3. The number of methoxy groups -OCH3 is 4. The third-order valence-corrected chi connectivity index (χ3v) is 13.6. The Labute approximate surface area is 401 Å². The zero-order valence-corrected chi connectivity index (χ0v) is 40.0. The number of hydrogen-bond acceptors (Lipinski definition) is 15. The first-order valence-corrected chi connectivity index (χ1v) is 24.0. The van der Waals surface area contributed by atoms with E-state index in [1.54, 1.807) is 29.2 Å². The lowest BCUT2D eigenvalue weighted by Gasteiger charge is -2.39. The molecule has 5 heterocycles. The van der Waals surface area contributed by atoms with Crippen molar-refractivity contribution in [3.8, 4) is 23.0 Å². The molecule has 16 heteroatoms. The predicted molar refractivity (Wildman–Crippen MR) is 257 cm³/mol. The molecule has 0 fully saturated rings. The van der Waals surface area contributed by atoms with Crippen LogP contribution in [0, 0.1) is 0 Å². The third-order valence-electron chi connectivity index (χ3n) is 13.6. The van der Waals surface area contributed by atoms with Gasteiger partial charge in [0.15, 0.2) is 0 Å². The largest absolute Gasteiger partial charge is 0.489 e. The standard InChI is InChI=1S/C53H61N4O12/c1-62-45(58)30-56(31-46(59)63-2)41-15-5-6-16-43(41)67-25-23-66-24-26-68-44-29-34(17-18-42(44)57(32-47(60)64-3)33-48(61)65-4)49-39-27-35-11-7-19-54-21-9-13-37(50(35)54)52(39)69-53-38-14-10-22-55-20-8-12-36(51(38)55)28-40(49)53/h5-6,15-18,27-29H,7-14,19-26,30-33H2,1-4H3/q+1. The number of ether oxygens (including phenoxy) is 8. The van der Waals surface area contributed by atoms with Crippen LogP contribution in [0.2, 0.25) is 0 Å². The van der Waals surface area contributed by atoms with Crippen LogP contribution >= 0.6 is 0 Å². The number of rotatable bonds is 19. The summed E-state index contributed by atoms with van der Waals surface area (Å²) in [6.07, 6.45) is 8.22. The van der Waals surface area contributed by atoms with Gasteiger partial charge in [-0.1, -0.05) is 18.2 Å². The Morgan fingerprint density at radius 2 is 1.19 bits per heavy atom. The number of aryl methyl sites for hydroxylation is 2. The summed E-state index contributed by atoms with van der Waals surface area (Å²) in [7, 11) is 5.19. The van der Waals surface area contributed by atoms with Gasteiger partial charge in [0.05, 0.1) is 58.6 Å². The Hall–Kier alpha value is -6.81. The molecule has 0 spiro atoms. The second-order valence-corrected chi connectivity index (χ2v) is 17.8. The number of benzene rings is 4. The van der Waals surface area contributed by atoms with Crippen LogP contribution in [0.15, 0.2) is 54.6 Å². The molecular formula is C53H61N4O12+. The highest BCUT2D eigenvalue weighted by atomic mass is 16.6. The number of para-hydroxylation sites is 2. The molecule has 4 aromatic rings. The van der Waals surface area contributed by atoms with Gasteiger partial charge in [0.2, 0.25) is 5.36 Å². The van der Waals surface area contributed by atoms with Crippen molar-refractivity contribution in [1.29, 1.82) is 0 Å². The molecule has 9 rings (SSSR count). The van der Waals surface area contributed by atoms with Crippen LogP contribution in [0.5, 0.6) is 23.0 Å². The first-order valence-electron chi connectivity index (χ1n) is 24.0. The first-order chi connectivity index (χ1) is 33.7. The summed E-state index contributed by atoms with van der Waals surface area (Å²) < 4.78 is 48.4. The van der Waals surface area contributed by atoms with Crippen LogP contribution in [0.3, 0.4) is 0 Å². The van der Waals surface area contributed by atoms with E-state index in [-0.39, 0.29) is 52.6 Å². The van der Waals surface area contributed by atoms with E-state index >= 15 is 0 Å². The zero-order chi connectivity index (χ0) is 48.0. The molecule has 5 aliphatic heterocycles. The van der Waals surface area contributed by atoms with Gasteiger partial charge in [-0.2, -0.15) is 0 Å². The normalized spacial score (nSPS) is 15.0. The Bertz CT molecular complexity index is 2730. The maximum absolute atomic E-state index is 12.9. The van der Waals surface area contributed by atoms with Gasteiger partial charge in [-0.05, 0) is 86.1 Å². The van der Waals surface area contributed by atoms with Gasteiger partial charge in [-0.3, -0.25) is 19.2 Å². The van der Waals surface area contributed by atoms with E-state index in [0.29, 0.717) is 22.9 Å². The average Bonchev–Trinajstić information content (AvgIpc) is 3.37. The molecule has 16 nitrogen and oxygen atoms in total. The number of carbonyl (C=O) groups excluding carboxylic acids is 4. The third kappa shape index (κ3) is 9.90. The molecule has 0 aromatic heterocycles. The maximum atomic E-state index is 12.9. The lowest BCUT2D eigenvalue weighted by molar-refractivity contribution is -0.141. The highest BCUT2D eigenvalue weighted by Gasteiger charge is 2.36. The molecule has 0 N–H and O–H groups in total. The van der Waals surface area contributed by atoms with Gasteiger partial charge < -0.3 is 52.6 Å². The van der Waals surface area contributed by atoms with Gasteiger partial charge in [0, 0.05) is 59.1 Å². The number of nitrogens with zero attached hydrogens (tertiary/aromatic N) is 4. The fourth-order valence-electron chi connectivity index (χ4n) is 10.6. The van der Waals surface area contributed by atoms with Gasteiger partial charge in [0.25, 0.3) is 0 Å². The molecule has 0 bridgehead atoms. The highest BCUT2D eigenvalue weighted by molar-refractivity contribution is 5.91. The van der Waals surface area contributed by atoms with Crippen LogP contribution < -0.4 is 44.1 Å². The molecule has 0 saturated heterocycles. The van der Waals surface area contributed by atoms with Crippen molar-refractivity contribution in [1.82, 2.24) is 4.58 Å². The molecule has 0 saturated carbocycles. The van der Waals surface area contributed by atoms with Crippen molar-refractivity contribution in [3.05, 3.63) is 98.6 Å². The fourth-order valence-corrected chi connectivity index (χ4v) is 10.6. The highest BCUT2D eigenvalue weighted by Crippen LogP contribution is 2.49. The van der Waals surface area contributed by atoms with E-state index in [2.05, 4.69) is 27.7 Å². The molecule has 0 radical (unpaired) electrons. The van der Waals surface area contributed by atoms with Crippen molar-refractivity contribution in [2.75, 3.05) is 122 Å². The van der Waals surface area contributed by atoms with Crippen molar-refractivity contribution in [2.45, 2.75) is 51.4 Å². The second kappa shape index (κ2) is 21.2. The van der Waals surface area contributed by atoms with Crippen LogP contribution in [0.1, 0.15) is 59.1 Å². The molecule has 4 aromatic carbocycles. The van der Waals surface area contributed by atoms with E-state index < -0.39 is 23.9 Å². The molecule has 69 heavy (non-hydrogen) atoms. The van der Waals surface area contributed by atoms with E-state index in [4.69, 9.17) is 37.9 Å². The lowest BCUT2D eigenvalue weighted by atomic mass is 9.82. The Morgan fingerprint density at radius 3 is 1.86 bits per heavy atom. The minimum Gasteiger partial charge on any atom is -0.489 e. The van der Waals surface area contributed by atoms with Crippen LogP contribution in [-0.2, 0) is 68.5 Å². The fraction of sp³-hybridized carbons (Fsp3) is 0.453. The Morgan fingerprint density at radius 1 is 0.609 bits per heavy atom. The summed E-state index contributed by atoms with van der Waals surface area (Å²) in [5, 5.41) is 2.41. The number of fused-ring (bicyclic) bond motifs is 4. The van der Waals surface area contributed by atoms with E-state index in [0.717, 1.165) is 111 Å². The van der Waals surface area contributed by atoms with Crippen molar-refractivity contribution in [2.24, 2.45) is 0 Å². The Kier molecular flexibility index (Phi) is 14.5. The summed E-state index contributed by atoms with van der Waals surface area (Å²) in [6.45, 7) is 4.03. The average molecular weight is 946 g/mol. The summed E-state index contributed by atoms with van der Waals surface area (Å²) in [4.78, 5) is 55.9.